The molecule has 1 fully saturated rings. The lowest BCUT2D eigenvalue weighted by atomic mass is 10.1. The minimum Gasteiger partial charge on any atom is -0.378 e. The van der Waals surface area contributed by atoms with Crippen molar-refractivity contribution in [2.75, 3.05) is 37.7 Å². The largest absolute Gasteiger partial charge is 0.378 e. The van der Waals surface area contributed by atoms with Crippen LogP contribution in [0.5, 0.6) is 0 Å². The van der Waals surface area contributed by atoms with Gasteiger partial charge in [-0.1, -0.05) is 25.5 Å². The summed E-state index contributed by atoms with van der Waals surface area (Å²) in [5.74, 6) is 0.00302. The average Bonchev–Trinajstić information content (AvgIpc) is 3.18. The van der Waals surface area contributed by atoms with Gasteiger partial charge in [0, 0.05) is 49.4 Å². The van der Waals surface area contributed by atoms with E-state index in [-0.39, 0.29) is 5.91 Å². The highest BCUT2D eigenvalue weighted by Gasteiger charge is 2.14. The van der Waals surface area contributed by atoms with Crippen molar-refractivity contribution in [3.8, 4) is 0 Å². The number of ether oxygens (including phenoxy) is 1. The van der Waals surface area contributed by atoms with Crippen molar-refractivity contribution in [1.29, 1.82) is 0 Å². The number of aromatic nitrogens is 1. The summed E-state index contributed by atoms with van der Waals surface area (Å²) < 4.78 is 5.39. The molecule has 0 unspecified atom stereocenters. The summed E-state index contributed by atoms with van der Waals surface area (Å²) in [5.41, 5.74) is 1.88. The van der Waals surface area contributed by atoms with E-state index in [1.807, 2.05) is 30.5 Å². The number of morpholine rings is 1. The Morgan fingerprint density at radius 3 is 2.74 bits per heavy atom. The molecule has 7 heteroatoms. The Hall–Kier alpha value is -1.96. The molecule has 3 rings (SSSR count). The van der Waals surface area contributed by atoms with E-state index in [9.17, 15) is 4.79 Å². The van der Waals surface area contributed by atoms with Crippen molar-refractivity contribution in [3.63, 3.8) is 0 Å². The molecule has 0 aliphatic carbocycles. The molecule has 1 saturated heterocycles. The van der Waals surface area contributed by atoms with Crippen LogP contribution < -0.4 is 15.5 Å². The number of hydrogen-bond acceptors (Lipinski definition) is 6. The smallest absolute Gasteiger partial charge is 0.251 e. The molecule has 6 nitrogen and oxygen atoms in total. The number of thiazole rings is 1. The van der Waals surface area contributed by atoms with Gasteiger partial charge < -0.3 is 20.3 Å². The van der Waals surface area contributed by atoms with Gasteiger partial charge in [-0.05, 0) is 24.1 Å². The molecule has 2 heterocycles. The van der Waals surface area contributed by atoms with E-state index in [4.69, 9.17) is 4.74 Å². The van der Waals surface area contributed by atoms with Crippen molar-refractivity contribution in [2.45, 2.75) is 32.9 Å². The molecule has 0 bridgehead atoms. The van der Waals surface area contributed by atoms with Gasteiger partial charge >= 0.3 is 0 Å². The van der Waals surface area contributed by atoms with Gasteiger partial charge in [-0.3, -0.25) is 4.79 Å². The minimum atomic E-state index is 0.00302. The molecule has 0 spiro atoms. The molecule has 0 saturated carbocycles. The highest BCUT2D eigenvalue weighted by atomic mass is 32.1. The number of anilines is 1. The third-order valence-corrected chi connectivity index (χ3v) is 5.54. The molecule has 1 aromatic carbocycles. The van der Waals surface area contributed by atoms with Crippen LogP contribution in [0.3, 0.4) is 0 Å². The first-order chi connectivity index (χ1) is 13.3. The number of carbonyl (C=O) groups is 1. The van der Waals surface area contributed by atoms with Crippen LogP contribution in [0.4, 0.5) is 5.13 Å². The summed E-state index contributed by atoms with van der Waals surface area (Å²) in [6.45, 7) is 7.80. The monoisotopic (exact) mass is 388 g/mol. The van der Waals surface area contributed by atoms with Crippen LogP contribution in [-0.4, -0.2) is 43.7 Å². The van der Waals surface area contributed by atoms with E-state index >= 15 is 0 Å². The lowest BCUT2D eigenvalue weighted by molar-refractivity contribution is 0.0953. The lowest BCUT2D eigenvalue weighted by Gasteiger charge is -2.25. The number of amides is 1. The van der Waals surface area contributed by atoms with Crippen LogP contribution in [0, 0.1) is 0 Å². The predicted molar refractivity (Wildman–Crippen MR) is 109 cm³/mol. The van der Waals surface area contributed by atoms with E-state index in [2.05, 4.69) is 27.4 Å². The first-order valence-corrected chi connectivity index (χ1v) is 10.4. The Morgan fingerprint density at radius 1 is 1.22 bits per heavy atom. The Labute approximate surface area is 164 Å². The van der Waals surface area contributed by atoms with Crippen molar-refractivity contribution < 1.29 is 9.53 Å². The highest BCUT2D eigenvalue weighted by molar-refractivity contribution is 7.15. The predicted octanol–water partition coefficient (Wildman–Crippen LogP) is 2.80. The number of carbonyl (C=O) groups excluding carboxylic acids is 1. The number of rotatable bonds is 9. The zero-order chi connectivity index (χ0) is 18.9. The zero-order valence-electron chi connectivity index (χ0n) is 15.9. The molecule has 1 aliphatic heterocycles. The molecule has 1 aromatic heterocycles. The first-order valence-electron chi connectivity index (χ1n) is 9.61. The molecule has 1 amide bonds. The second-order valence-electron chi connectivity index (χ2n) is 6.62. The van der Waals surface area contributed by atoms with Gasteiger partial charge in [-0.15, -0.1) is 11.3 Å². The van der Waals surface area contributed by atoms with Gasteiger partial charge in [0.05, 0.1) is 13.2 Å². The Bertz CT molecular complexity index is 711. The number of nitrogens with zero attached hydrogens (tertiary/aromatic N) is 2. The van der Waals surface area contributed by atoms with Gasteiger partial charge in [0.2, 0.25) is 0 Å². The van der Waals surface area contributed by atoms with E-state index in [0.29, 0.717) is 5.56 Å². The van der Waals surface area contributed by atoms with Gasteiger partial charge in [-0.25, -0.2) is 4.98 Å². The second kappa shape index (κ2) is 10.4. The Morgan fingerprint density at radius 2 is 2.00 bits per heavy atom. The average molecular weight is 389 g/mol. The number of unbranched alkanes of at least 4 members (excludes halogenated alkanes) is 1. The first kappa shape index (κ1) is 19.8. The molecular formula is C20H28N4O2S. The number of nitrogens with one attached hydrogen (secondary N) is 2. The third-order valence-electron chi connectivity index (χ3n) is 4.48. The summed E-state index contributed by atoms with van der Waals surface area (Å²) in [4.78, 5) is 20.1. The summed E-state index contributed by atoms with van der Waals surface area (Å²) in [6, 6.07) is 7.80. The van der Waals surface area contributed by atoms with Crippen LogP contribution in [0.25, 0.3) is 0 Å². The van der Waals surface area contributed by atoms with Crippen molar-refractivity contribution in [3.05, 3.63) is 46.5 Å². The summed E-state index contributed by atoms with van der Waals surface area (Å²) >= 11 is 1.73. The molecule has 0 atom stereocenters. The van der Waals surface area contributed by atoms with Gasteiger partial charge in [0.25, 0.3) is 5.91 Å². The lowest BCUT2D eigenvalue weighted by Crippen LogP contribution is -2.36. The maximum Gasteiger partial charge on any atom is 0.251 e. The molecule has 2 N–H and O–H groups in total. The molecule has 1 aliphatic rings. The molecule has 146 valence electrons. The van der Waals surface area contributed by atoms with Gasteiger partial charge in [0.1, 0.15) is 0 Å². The number of benzene rings is 1. The maximum atomic E-state index is 12.0. The molecule has 27 heavy (non-hydrogen) atoms. The molecule has 2 aromatic rings. The van der Waals surface area contributed by atoms with Crippen LogP contribution in [0.2, 0.25) is 0 Å². The third kappa shape index (κ3) is 6.02. The van der Waals surface area contributed by atoms with E-state index in [1.54, 1.807) is 11.3 Å². The summed E-state index contributed by atoms with van der Waals surface area (Å²) in [7, 11) is 0. The Balaban J connectivity index is 1.42. The molecule has 0 radical (unpaired) electrons. The van der Waals surface area contributed by atoms with Crippen molar-refractivity contribution in [2.24, 2.45) is 0 Å². The quantitative estimate of drug-likeness (QED) is 0.647. The number of hydrogen-bond donors (Lipinski definition) is 2. The van der Waals surface area contributed by atoms with Gasteiger partial charge in [-0.2, -0.15) is 0 Å². The van der Waals surface area contributed by atoms with Crippen LogP contribution >= 0.6 is 11.3 Å². The van der Waals surface area contributed by atoms with Crippen LogP contribution in [0.15, 0.2) is 30.5 Å². The van der Waals surface area contributed by atoms with E-state index in [1.165, 1.54) is 4.88 Å². The summed E-state index contributed by atoms with van der Waals surface area (Å²) in [6.07, 6.45) is 4.05. The fraction of sp³-hybridized carbons (Fsp3) is 0.500. The minimum absolute atomic E-state index is 0.00302. The normalized spacial score (nSPS) is 14.3. The molecular weight excluding hydrogens is 360 g/mol. The Kier molecular flexibility index (Phi) is 7.62. The maximum absolute atomic E-state index is 12.0. The topological polar surface area (TPSA) is 66.5 Å². The van der Waals surface area contributed by atoms with Crippen LogP contribution in [0.1, 0.15) is 40.6 Å². The van der Waals surface area contributed by atoms with E-state index in [0.717, 1.165) is 69.5 Å². The highest BCUT2D eigenvalue weighted by Crippen LogP contribution is 2.23. The fourth-order valence-electron chi connectivity index (χ4n) is 2.86. The second-order valence-corrected chi connectivity index (χ2v) is 7.71. The summed E-state index contributed by atoms with van der Waals surface area (Å²) in [5, 5.41) is 7.47. The standard InChI is InChI=1S/C20H28N4O2S/c1-2-3-8-22-19(25)17-6-4-16(5-7-17)13-21-14-18-15-23-20(27-18)24-9-11-26-12-10-24/h4-7,15,21H,2-3,8-14H2,1H3,(H,22,25). The fourth-order valence-corrected chi connectivity index (χ4v) is 3.80. The zero-order valence-corrected chi connectivity index (χ0v) is 16.7. The van der Waals surface area contributed by atoms with Crippen molar-refractivity contribution in [1.82, 2.24) is 15.6 Å². The van der Waals surface area contributed by atoms with Crippen LogP contribution in [-0.2, 0) is 17.8 Å². The van der Waals surface area contributed by atoms with Crippen molar-refractivity contribution >= 4 is 22.4 Å². The van der Waals surface area contributed by atoms with E-state index < -0.39 is 0 Å². The SMILES string of the molecule is CCCCNC(=O)c1ccc(CNCc2cnc(N3CCOCC3)s2)cc1. The van der Waals surface area contributed by atoms with Gasteiger partial charge in [0.15, 0.2) is 5.13 Å².